The van der Waals surface area contributed by atoms with Gasteiger partial charge in [0.15, 0.2) is 4.60 Å². The van der Waals surface area contributed by atoms with Crippen LogP contribution in [0.3, 0.4) is 0 Å². The lowest BCUT2D eigenvalue weighted by molar-refractivity contribution is -0.122. The number of likely N-dealkylation sites (N-methyl/N-ethyl adjacent to an activating group) is 1. The van der Waals surface area contributed by atoms with Crippen LogP contribution in [0.4, 0.5) is 0 Å². The second-order valence-electron chi connectivity index (χ2n) is 5.54. The van der Waals surface area contributed by atoms with Crippen molar-refractivity contribution in [2.24, 2.45) is 7.05 Å². The third kappa shape index (κ3) is 4.48. The molecule has 0 bridgehead atoms. The summed E-state index contributed by atoms with van der Waals surface area (Å²) in [6, 6.07) is 0. The number of aryl methyl sites for hydroxylation is 1. The molecule has 1 aromatic rings. The highest BCUT2D eigenvalue weighted by Crippen LogP contribution is 2.21. The van der Waals surface area contributed by atoms with Crippen molar-refractivity contribution in [1.82, 2.24) is 24.6 Å². The van der Waals surface area contributed by atoms with Gasteiger partial charge < -0.3 is 5.32 Å². The van der Waals surface area contributed by atoms with Gasteiger partial charge in [-0.3, -0.25) is 4.79 Å². The second-order valence-corrected chi connectivity index (χ2v) is 8.14. The van der Waals surface area contributed by atoms with Gasteiger partial charge in [-0.15, -0.1) is 5.10 Å². The van der Waals surface area contributed by atoms with Crippen LogP contribution in [0.2, 0.25) is 0 Å². The van der Waals surface area contributed by atoms with Crippen LogP contribution in [-0.4, -0.2) is 52.3 Å². The number of hydrogen-bond acceptors (Lipinski definition) is 5. The van der Waals surface area contributed by atoms with Crippen LogP contribution in [-0.2, 0) is 21.9 Å². The summed E-state index contributed by atoms with van der Waals surface area (Å²) in [6.07, 6.45) is 0. The highest BCUT2D eigenvalue weighted by molar-refractivity contribution is 9.10. The highest BCUT2D eigenvalue weighted by Gasteiger charge is 2.31. The molecule has 0 fully saturated rings. The molecule has 0 aromatic carbocycles. The van der Waals surface area contributed by atoms with Crippen LogP contribution >= 0.6 is 15.9 Å². The number of rotatable bonds is 5. The molecule has 21 heavy (non-hydrogen) atoms. The van der Waals surface area contributed by atoms with Crippen molar-refractivity contribution in [3.63, 3.8) is 0 Å². The monoisotopic (exact) mass is 381 g/mol. The molecule has 0 aliphatic carbocycles. The SMILES string of the molecule is CCN(CC(=O)NC(C)(C)C)S(=O)(=O)c1c(Br)nnn1C. The average molecular weight is 382 g/mol. The molecule has 1 aromatic heterocycles. The molecule has 0 aliphatic heterocycles. The number of halogens is 1. The fraction of sp³-hybridized carbons (Fsp3) is 0.727. The maximum atomic E-state index is 12.6. The average Bonchev–Trinajstić information content (AvgIpc) is 2.63. The largest absolute Gasteiger partial charge is 0.350 e. The van der Waals surface area contributed by atoms with Crippen molar-refractivity contribution in [3.8, 4) is 0 Å². The van der Waals surface area contributed by atoms with E-state index in [1.54, 1.807) is 6.92 Å². The zero-order valence-electron chi connectivity index (χ0n) is 12.7. The minimum absolute atomic E-state index is 0.0760. The van der Waals surface area contributed by atoms with Gasteiger partial charge in [0.05, 0.1) is 6.54 Å². The van der Waals surface area contributed by atoms with Crippen molar-refractivity contribution < 1.29 is 13.2 Å². The van der Waals surface area contributed by atoms with E-state index in [0.717, 1.165) is 8.99 Å². The van der Waals surface area contributed by atoms with Crippen LogP contribution in [0, 0.1) is 0 Å². The Kier molecular flexibility index (Phi) is 5.51. The van der Waals surface area contributed by atoms with E-state index in [1.807, 2.05) is 20.8 Å². The molecule has 8 nitrogen and oxygen atoms in total. The summed E-state index contributed by atoms with van der Waals surface area (Å²) >= 11 is 3.06. The van der Waals surface area contributed by atoms with Crippen molar-refractivity contribution in [1.29, 1.82) is 0 Å². The van der Waals surface area contributed by atoms with Gasteiger partial charge in [0.2, 0.25) is 10.9 Å². The molecule has 10 heteroatoms. The summed E-state index contributed by atoms with van der Waals surface area (Å²) in [5.74, 6) is -0.362. The molecule has 0 saturated heterocycles. The smallest absolute Gasteiger partial charge is 0.263 e. The third-order valence-electron chi connectivity index (χ3n) is 2.51. The zero-order chi connectivity index (χ0) is 16.4. The van der Waals surface area contributed by atoms with Gasteiger partial charge in [-0.25, -0.2) is 13.1 Å². The summed E-state index contributed by atoms with van der Waals surface area (Å²) in [7, 11) is -2.38. The van der Waals surface area contributed by atoms with E-state index in [0.29, 0.717) is 0 Å². The topological polar surface area (TPSA) is 97.2 Å². The predicted octanol–water partition coefficient (Wildman–Crippen LogP) is 0.503. The summed E-state index contributed by atoms with van der Waals surface area (Å²) in [4.78, 5) is 11.9. The number of nitrogens with zero attached hydrogens (tertiary/aromatic N) is 4. The number of nitrogens with one attached hydrogen (secondary N) is 1. The van der Waals surface area contributed by atoms with E-state index in [1.165, 1.54) is 7.05 Å². The molecule has 0 spiro atoms. The summed E-state index contributed by atoms with van der Waals surface area (Å²) < 4.78 is 27.5. The Balaban J connectivity index is 3.02. The quantitative estimate of drug-likeness (QED) is 0.800. The lowest BCUT2D eigenvalue weighted by Crippen LogP contribution is -2.47. The second kappa shape index (κ2) is 6.41. The lowest BCUT2D eigenvalue weighted by Gasteiger charge is -2.24. The fourth-order valence-electron chi connectivity index (χ4n) is 1.70. The maximum absolute atomic E-state index is 12.6. The van der Waals surface area contributed by atoms with E-state index in [-0.39, 0.29) is 28.6 Å². The van der Waals surface area contributed by atoms with Gasteiger partial charge in [0.1, 0.15) is 0 Å². The van der Waals surface area contributed by atoms with Gasteiger partial charge >= 0.3 is 0 Å². The van der Waals surface area contributed by atoms with E-state index >= 15 is 0 Å². The van der Waals surface area contributed by atoms with Crippen LogP contribution in [0.25, 0.3) is 0 Å². The minimum atomic E-state index is -3.86. The Bertz CT molecular complexity index is 601. The third-order valence-corrected chi connectivity index (χ3v) is 5.32. The van der Waals surface area contributed by atoms with Crippen LogP contribution in [0.15, 0.2) is 9.63 Å². The Labute approximate surface area is 133 Å². The van der Waals surface area contributed by atoms with Crippen molar-refractivity contribution in [2.75, 3.05) is 13.1 Å². The maximum Gasteiger partial charge on any atom is 0.263 e. The molecule has 0 aliphatic rings. The van der Waals surface area contributed by atoms with Crippen molar-refractivity contribution in [2.45, 2.75) is 38.3 Å². The van der Waals surface area contributed by atoms with E-state index in [2.05, 4.69) is 31.6 Å². The Morgan fingerprint density at radius 2 is 2.00 bits per heavy atom. The molecule has 120 valence electrons. The Hall–Kier alpha value is -1.00. The predicted molar refractivity (Wildman–Crippen MR) is 81.0 cm³/mol. The zero-order valence-corrected chi connectivity index (χ0v) is 15.1. The number of aromatic nitrogens is 3. The number of carbonyl (C=O) groups excluding carboxylic acids is 1. The Morgan fingerprint density at radius 1 is 1.43 bits per heavy atom. The molecular formula is C11H20BrN5O3S. The van der Waals surface area contributed by atoms with Gasteiger partial charge in [-0.05, 0) is 36.7 Å². The molecule has 1 N–H and O–H groups in total. The normalized spacial score (nSPS) is 12.7. The van der Waals surface area contributed by atoms with Gasteiger partial charge in [0, 0.05) is 19.1 Å². The molecule has 0 atom stereocenters. The standard InChI is InChI=1S/C11H20BrN5O3S/c1-6-17(7-8(18)13-11(2,3)4)21(19,20)10-9(12)14-15-16(10)5/h6-7H2,1-5H3,(H,13,18). The molecule has 0 saturated carbocycles. The van der Waals surface area contributed by atoms with Crippen LogP contribution in [0.1, 0.15) is 27.7 Å². The molecule has 0 radical (unpaired) electrons. The number of amides is 1. The van der Waals surface area contributed by atoms with E-state index < -0.39 is 15.6 Å². The van der Waals surface area contributed by atoms with E-state index in [9.17, 15) is 13.2 Å². The lowest BCUT2D eigenvalue weighted by atomic mass is 10.1. The van der Waals surface area contributed by atoms with Gasteiger partial charge in [-0.1, -0.05) is 12.1 Å². The van der Waals surface area contributed by atoms with E-state index in [4.69, 9.17) is 0 Å². The van der Waals surface area contributed by atoms with Crippen LogP contribution in [0.5, 0.6) is 0 Å². The molecule has 1 amide bonds. The minimum Gasteiger partial charge on any atom is -0.350 e. The van der Waals surface area contributed by atoms with Crippen molar-refractivity contribution in [3.05, 3.63) is 4.60 Å². The summed E-state index contributed by atoms with van der Waals surface area (Å²) in [6.45, 7) is 7.07. The highest BCUT2D eigenvalue weighted by atomic mass is 79.9. The molecule has 0 unspecified atom stereocenters. The molecule has 1 heterocycles. The first-order valence-corrected chi connectivity index (χ1v) is 8.58. The first kappa shape index (κ1) is 18.1. The van der Waals surface area contributed by atoms with Gasteiger partial charge in [0.25, 0.3) is 10.0 Å². The molecule has 1 rings (SSSR count). The van der Waals surface area contributed by atoms with Crippen molar-refractivity contribution >= 4 is 31.9 Å². The molecular weight excluding hydrogens is 362 g/mol. The fourth-order valence-corrected chi connectivity index (χ4v) is 4.14. The van der Waals surface area contributed by atoms with Crippen LogP contribution < -0.4 is 5.32 Å². The Morgan fingerprint density at radius 3 is 2.38 bits per heavy atom. The summed E-state index contributed by atoms with van der Waals surface area (Å²) in [5.41, 5.74) is -0.422. The first-order valence-electron chi connectivity index (χ1n) is 6.35. The first-order chi connectivity index (χ1) is 9.49. The number of sulfonamides is 1. The summed E-state index contributed by atoms with van der Waals surface area (Å²) in [5, 5.41) is 9.97. The van der Waals surface area contributed by atoms with Gasteiger partial charge in [-0.2, -0.15) is 4.31 Å². The number of hydrogen-bond donors (Lipinski definition) is 1. The number of carbonyl (C=O) groups is 1.